The highest BCUT2D eigenvalue weighted by molar-refractivity contribution is 5.73. The van der Waals surface area contributed by atoms with Crippen molar-refractivity contribution in [2.75, 3.05) is 7.05 Å². The highest BCUT2D eigenvalue weighted by Gasteiger charge is 2.17. The van der Waals surface area contributed by atoms with E-state index in [1.54, 1.807) is 10.6 Å². The summed E-state index contributed by atoms with van der Waals surface area (Å²) in [6.45, 7) is 5.98. The minimum atomic E-state index is 0.591. The first kappa shape index (κ1) is 15.4. The van der Waals surface area contributed by atoms with Crippen LogP contribution in [0.4, 0.5) is 0 Å². The molecule has 0 atom stereocenters. The van der Waals surface area contributed by atoms with Crippen LogP contribution in [0.5, 0.6) is 0 Å². The molecule has 2 heterocycles. The molecule has 0 unspecified atom stereocenters. The van der Waals surface area contributed by atoms with Crippen LogP contribution >= 0.6 is 0 Å². The zero-order chi connectivity index (χ0) is 14.3. The molecular formula is C15H23N3O. The molecule has 1 fully saturated rings. The molecule has 2 aromatic heterocycles. The van der Waals surface area contributed by atoms with E-state index in [2.05, 4.69) is 10.3 Å². The van der Waals surface area contributed by atoms with Gasteiger partial charge in [-0.05, 0) is 38.4 Å². The molecule has 0 saturated heterocycles. The van der Waals surface area contributed by atoms with Gasteiger partial charge < -0.3 is 5.32 Å². The normalized spacial score (nSPS) is 13.1. The maximum Gasteiger partial charge on any atom is 0.168 e. The Balaban J connectivity index is 0.000000216. The van der Waals surface area contributed by atoms with Crippen LogP contribution in [0, 0.1) is 6.92 Å². The lowest BCUT2D eigenvalue weighted by atomic mass is 10.3. The Morgan fingerprint density at radius 2 is 2.05 bits per heavy atom. The highest BCUT2D eigenvalue weighted by atomic mass is 16.1. The number of nitrogens with zero attached hydrogens (tertiary/aromatic N) is 2. The molecule has 3 rings (SSSR count). The lowest BCUT2D eigenvalue weighted by Gasteiger charge is -1.95. The minimum absolute atomic E-state index is 0.591. The van der Waals surface area contributed by atoms with Crippen molar-refractivity contribution in [1.82, 2.24) is 14.7 Å². The first-order valence-corrected chi connectivity index (χ1v) is 6.80. The summed E-state index contributed by atoms with van der Waals surface area (Å²) in [4.78, 5) is 14.6. The third-order valence-electron chi connectivity index (χ3n) is 2.79. The van der Waals surface area contributed by atoms with E-state index in [0.29, 0.717) is 5.69 Å². The van der Waals surface area contributed by atoms with Crippen molar-refractivity contribution < 1.29 is 4.79 Å². The summed E-state index contributed by atoms with van der Waals surface area (Å²) in [6.07, 6.45) is 7.07. The van der Waals surface area contributed by atoms with Crippen LogP contribution in [0.1, 0.15) is 42.7 Å². The molecule has 0 aromatic carbocycles. The molecule has 0 aliphatic heterocycles. The van der Waals surface area contributed by atoms with E-state index in [4.69, 9.17) is 0 Å². The summed E-state index contributed by atoms with van der Waals surface area (Å²) in [6, 6.07) is 4.74. The molecule has 0 spiro atoms. The fourth-order valence-corrected chi connectivity index (χ4v) is 1.56. The summed E-state index contributed by atoms with van der Waals surface area (Å²) < 4.78 is 1.78. The number of fused-ring (bicyclic) bond motifs is 1. The maximum atomic E-state index is 10.5. The third kappa shape index (κ3) is 4.48. The van der Waals surface area contributed by atoms with Crippen LogP contribution in [0.15, 0.2) is 24.5 Å². The number of carbonyl (C=O) groups is 1. The summed E-state index contributed by atoms with van der Waals surface area (Å²) in [7, 11) is 2.01. The molecule has 4 nitrogen and oxygen atoms in total. The number of hydrogen-bond acceptors (Lipinski definition) is 3. The molecule has 4 heteroatoms. The Labute approximate surface area is 114 Å². The van der Waals surface area contributed by atoms with Crippen LogP contribution in [0.3, 0.4) is 0 Å². The molecule has 0 bridgehead atoms. The largest absolute Gasteiger partial charge is 0.317 e. The van der Waals surface area contributed by atoms with Crippen molar-refractivity contribution in [1.29, 1.82) is 0 Å². The molecule has 0 radical (unpaired) electrons. The zero-order valence-corrected chi connectivity index (χ0v) is 12.2. The minimum Gasteiger partial charge on any atom is -0.317 e. The van der Waals surface area contributed by atoms with Gasteiger partial charge in [-0.15, -0.1) is 0 Å². The summed E-state index contributed by atoms with van der Waals surface area (Å²) in [5.74, 6) is 0. The van der Waals surface area contributed by atoms with Crippen molar-refractivity contribution in [2.24, 2.45) is 0 Å². The SMILES string of the molecule is CC.CNC1CC1.Cc1ccc2ncc(C=O)n2c1. The number of imidazole rings is 1. The van der Waals surface area contributed by atoms with Crippen LogP contribution in [0.2, 0.25) is 0 Å². The quantitative estimate of drug-likeness (QED) is 0.846. The van der Waals surface area contributed by atoms with Gasteiger partial charge in [0.05, 0.1) is 6.20 Å². The smallest absolute Gasteiger partial charge is 0.168 e. The van der Waals surface area contributed by atoms with Crippen molar-refractivity contribution >= 4 is 11.9 Å². The number of hydrogen-bond donors (Lipinski definition) is 1. The van der Waals surface area contributed by atoms with E-state index in [9.17, 15) is 4.79 Å². The summed E-state index contributed by atoms with van der Waals surface area (Å²) >= 11 is 0. The highest BCUT2D eigenvalue weighted by Crippen LogP contribution is 2.17. The van der Waals surface area contributed by atoms with E-state index in [1.165, 1.54) is 12.8 Å². The molecular weight excluding hydrogens is 238 g/mol. The number of aromatic nitrogens is 2. The molecule has 1 saturated carbocycles. The fourth-order valence-electron chi connectivity index (χ4n) is 1.56. The van der Waals surface area contributed by atoms with Gasteiger partial charge in [0, 0.05) is 12.2 Å². The molecule has 1 aliphatic carbocycles. The molecule has 0 amide bonds. The Morgan fingerprint density at radius 1 is 1.37 bits per heavy atom. The number of aryl methyl sites for hydroxylation is 1. The zero-order valence-electron chi connectivity index (χ0n) is 12.2. The Bertz CT molecular complexity index is 515. The van der Waals surface area contributed by atoms with Crippen molar-refractivity contribution in [3.8, 4) is 0 Å². The average Bonchev–Trinajstić information content (AvgIpc) is 3.22. The van der Waals surface area contributed by atoms with Gasteiger partial charge in [-0.25, -0.2) is 4.98 Å². The first-order valence-electron chi connectivity index (χ1n) is 6.80. The molecule has 104 valence electrons. The molecule has 19 heavy (non-hydrogen) atoms. The number of pyridine rings is 1. The third-order valence-corrected chi connectivity index (χ3v) is 2.79. The number of nitrogens with one attached hydrogen (secondary N) is 1. The van der Waals surface area contributed by atoms with Gasteiger partial charge in [0.25, 0.3) is 0 Å². The van der Waals surface area contributed by atoms with Gasteiger partial charge in [0.2, 0.25) is 0 Å². The van der Waals surface area contributed by atoms with Gasteiger partial charge in [0.15, 0.2) is 6.29 Å². The van der Waals surface area contributed by atoms with Gasteiger partial charge in [-0.1, -0.05) is 19.9 Å². The van der Waals surface area contributed by atoms with Crippen molar-refractivity contribution in [3.05, 3.63) is 35.8 Å². The second-order valence-electron chi connectivity index (χ2n) is 4.30. The standard InChI is InChI=1S/C9H8N2O.C4H9N.C2H6/c1-7-2-3-9-10-4-8(6-12)11(9)5-7;1-5-4-2-3-4;1-2/h2-6H,1H3;4-5H,2-3H2,1H3;1-2H3. The van der Waals surface area contributed by atoms with E-state index < -0.39 is 0 Å². The van der Waals surface area contributed by atoms with Crippen molar-refractivity contribution in [2.45, 2.75) is 39.7 Å². The summed E-state index contributed by atoms with van der Waals surface area (Å²) in [5, 5.41) is 3.14. The van der Waals surface area contributed by atoms with Crippen LogP contribution in [0.25, 0.3) is 5.65 Å². The Morgan fingerprint density at radius 3 is 2.53 bits per heavy atom. The predicted molar refractivity (Wildman–Crippen MR) is 78.7 cm³/mol. The lowest BCUT2D eigenvalue weighted by molar-refractivity contribution is 0.111. The summed E-state index contributed by atoms with van der Waals surface area (Å²) in [5.41, 5.74) is 2.51. The Hall–Kier alpha value is -1.68. The fraction of sp³-hybridized carbons (Fsp3) is 0.467. The maximum absolute atomic E-state index is 10.5. The van der Waals surface area contributed by atoms with Crippen LogP contribution in [-0.2, 0) is 0 Å². The number of carbonyl (C=O) groups excluding carboxylic acids is 1. The van der Waals surface area contributed by atoms with E-state index in [-0.39, 0.29) is 0 Å². The second-order valence-corrected chi connectivity index (χ2v) is 4.30. The lowest BCUT2D eigenvalue weighted by Crippen LogP contribution is -2.06. The molecule has 2 aromatic rings. The van der Waals surface area contributed by atoms with Gasteiger partial charge in [-0.3, -0.25) is 9.20 Å². The second kappa shape index (κ2) is 7.69. The van der Waals surface area contributed by atoms with Crippen LogP contribution < -0.4 is 5.32 Å². The number of aldehydes is 1. The average molecular weight is 261 g/mol. The number of rotatable bonds is 2. The molecule has 1 aliphatic rings. The van der Waals surface area contributed by atoms with E-state index >= 15 is 0 Å². The predicted octanol–water partition coefficient (Wildman–Crippen LogP) is 2.85. The Kier molecular flexibility index (Phi) is 6.22. The molecule has 1 N–H and O–H groups in total. The van der Waals surface area contributed by atoms with Crippen molar-refractivity contribution in [3.63, 3.8) is 0 Å². The van der Waals surface area contributed by atoms with Gasteiger partial charge >= 0.3 is 0 Å². The van der Waals surface area contributed by atoms with E-state index in [1.807, 2.05) is 46.1 Å². The van der Waals surface area contributed by atoms with E-state index in [0.717, 1.165) is 23.5 Å². The topological polar surface area (TPSA) is 46.4 Å². The van der Waals surface area contributed by atoms with Gasteiger partial charge in [-0.2, -0.15) is 0 Å². The first-order chi connectivity index (χ1) is 9.24. The van der Waals surface area contributed by atoms with Crippen LogP contribution in [-0.4, -0.2) is 28.8 Å². The van der Waals surface area contributed by atoms with Gasteiger partial charge in [0.1, 0.15) is 11.3 Å². The monoisotopic (exact) mass is 261 g/mol.